The Hall–Kier alpha value is -4.91. The van der Waals surface area contributed by atoms with Gasteiger partial charge in [-0.15, -0.1) is 0 Å². The molecule has 0 aliphatic heterocycles. The third-order valence-electron chi connectivity index (χ3n) is 7.19. The first-order chi connectivity index (χ1) is 19.9. The van der Waals surface area contributed by atoms with Crippen LogP contribution in [0.4, 0.5) is 5.82 Å². The molecule has 12 nitrogen and oxygen atoms in total. The molecular weight excluding hydrogens is 542 g/mol. The van der Waals surface area contributed by atoms with Gasteiger partial charge in [-0.05, 0) is 31.9 Å². The van der Waals surface area contributed by atoms with Gasteiger partial charge < -0.3 is 31.3 Å². The summed E-state index contributed by atoms with van der Waals surface area (Å²) in [4.78, 5) is 33.8. The van der Waals surface area contributed by atoms with Crippen LogP contribution in [0, 0.1) is 0 Å². The summed E-state index contributed by atoms with van der Waals surface area (Å²) in [6.07, 6.45) is 0.440. The molecule has 0 bridgehead atoms. The molecule has 3 heterocycles. The average molecular weight is 572 g/mol. The summed E-state index contributed by atoms with van der Waals surface area (Å²) < 4.78 is 2.02. The average Bonchev–Trinajstić information content (AvgIpc) is 3.36. The zero-order valence-electron chi connectivity index (χ0n) is 22.5. The number of aliphatic hydroxyl groups is 3. The SMILES string of the molecule is CC1(O)CC(c2nc(-c3ccc4ccc(-c5ccccc5)nc4c3)c3c(N)nccn23)C1.O=C(O)C(O)C(O)C(=O)O. The van der Waals surface area contributed by atoms with Crippen LogP contribution < -0.4 is 5.73 Å². The lowest BCUT2D eigenvalue weighted by Gasteiger charge is -2.40. The van der Waals surface area contributed by atoms with Crippen LogP contribution in [0.25, 0.3) is 38.9 Å². The van der Waals surface area contributed by atoms with E-state index >= 15 is 0 Å². The van der Waals surface area contributed by atoms with Crippen molar-refractivity contribution in [3.63, 3.8) is 0 Å². The quantitative estimate of drug-likeness (QED) is 0.175. The second-order valence-corrected chi connectivity index (χ2v) is 10.5. The number of aliphatic carboxylic acids is 2. The molecule has 1 fully saturated rings. The number of pyridine rings is 1. The Balaban J connectivity index is 0.000000305. The molecule has 42 heavy (non-hydrogen) atoms. The minimum Gasteiger partial charge on any atom is -0.479 e. The van der Waals surface area contributed by atoms with Crippen LogP contribution in [0.3, 0.4) is 0 Å². The smallest absolute Gasteiger partial charge is 0.335 e. The first kappa shape index (κ1) is 28.6. The number of nitrogens with two attached hydrogens (primary N) is 1. The Morgan fingerprint density at radius 1 is 0.952 bits per heavy atom. The summed E-state index contributed by atoms with van der Waals surface area (Å²) in [5, 5.41) is 43.8. The number of nitrogens with zero attached hydrogens (tertiary/aromatic N) is 4. The van der Waals surface area contributed by atoms with Crippen LogP contribution in [0.2, 0.25) is 0 Å². The van der Waals surface area contributed by atoms with Crippen molar-refractivity contribution in [2.75, 3.05) is 5.73 Å². The van der Waals surface area contributed by atoms with Gasteiger partial charge in [-0.25, -0.2) is 24.5 Å². The number of fused-ring (bicyclic) bond motifs is 2. The summed E-state index contributed by atoms with van der Waals surface area (Å²) in [5.74, 6) is -1.98. The van der Waals surface area contributed by atoms with Gasteiger partial charge >= 0.3 is 11.9 Å². The van der Waals surface area contributed by atoms with Gasteiger partial charge in [0.05, 0.1) is 16.8 Å². The van der Waals surface area contributed by atoms with Crippen molar-refractivity contribution in [3.05, 3.63) is 78.9 Å². The number of nitrogen functional groups attached to an aromatic ring is 1. The van der Waals surface area contributed by atoms with E-state index in [1.807, 2.05) is 41.8 Å². The fraction of sp³-hybridized carbons (Fsp3) is 0.233. The molecule has 0 spiro atoms. The minimum atomic E-state index is -2.27. The van der Waals surface area contributed by atoms with Crippen molar-refractivity contribution in [2.24, 2.45) is 0 Å². The normalized spacial score (nSPS) is 19.4. The molecule has 0 saturated heterocycles. The Labute approximate surface area is 239 Å². The van der Waals surface area contributed by atoms with E-state index in [1.54, 1.807) is 6.20 Å². The van der Waals surface area contributed by atoms with Gasteiger partial charge in [-0.3, -0.25) is 4.40 Å². The van der Waals surface area contributed by atoms with Gasteiger partial charge in [0.15, 0.2) is 12.2 Å². The first-order valence-electron chi connectivity index (χ1n) is 13.1. The Morgan fingerprint density at radius 2 is 1.60 bits per heavy atom. The van der Waals surface area contributed by atoms with Crippen LogP contribution in [0.15, 0.2) is 73.1 Å². The Bertz CT molecular complexity index is 1760. The van der Waals surface area contributed by atoms with Gasteiger partial charge in [0.25, 0.3) is 0 Å². The number of benzene rings is 2. The Morgan fingerprint density at radius 3 is 2.21 bits per heavy atom. The highest BCUT2D eigenvalue weighted by Crippen LogP contribution is 2.45. The van der Waals surface area contributed by atoms with Gasteiger partial charge in [-0.1, -0.05) is 48.5 Å². The van der Waals surface area contributed by atoms with E-state index in [1.165, 1.54) is 0 Å². The number of aliphatic hydroxyl groups excluding tert-OH is 2. The van der Waals surface area contributed by atoms with E-state index in [2.05, 4.69) is 41.4 Å². The number of anilines is 1. The highest BCUT2D eigenvalue weighted by Gasteiger charge is 2.41. The molecule has 1 aliphatic rings. The van der Waals surface area contributed by atoms with E-state index < -0.39 is 29.7 Å². The van der Waals surface area contributed by atoms with E-state index in [9.17, 15) is 14.7 Å². The number of carbonyl (C=O) groups is 2. The number of aromatic nitrogens is 4. The van der Waals surface area contributed by atoms with Gasteiger partial charge in [0.2, 0.25) is 0 Å². The standard InChI is InChI=1S/C26H23N5O.C4H6O6/c1-26(32)14-19(15-26)25-30-22(23-24(27)28-11-12-31(23)25)18-8-7-17-9-10-20(29-21(17)13-18)16-5-3-2-4-6-16;5-1(3(7)8)2(6)4(9)10/h2-13,19,32H,14-15H2,1H3,(H2,27,28);1-2,5-6H,(H,7,8)(H,9,10). The lowest BCUT2D eigenvalue weighted by molar-refractivity contribution is -0.165. The van der Waals surface area contributed by atoms with Crippen molar-refractivity contribution >= 4 is 34.2 Å². The molecule has 5 aromatic rings. The number of carboxylic acids is 2. The second kappa shape index (κ2) is 11.2. The summed E-state index contributed by atoms with van der Waals surface area (Å²) in [6, 6.07) is 20.5. The molecule has 12 heteroatoms. The van der Waals surface area contributed by atoms with Crippen LogP contribution in [-0.4, -0.2) is 74.6 Å². The summed E-state index contributed by atoms with van der Waals surface area (Å²) in [7, 11) is 0. The van der Waals surface area contributed by atoms with Crippen molar-refractivity contribution in [2.45, 2.75) is 43.5 Å². The maximum Gasteiger partial charge on any atom is 0.335 e. The molecule has 2 atom stereocenters. The predicted molar refractivity (Wildman–Crippen MR) is 153 cm³/mol. The zero-order chi connectivity index (χ0) is 30.2. The zero-order valence-corrected chi connectivity index (χ0v) is 22.5. The predicted octanol–water partition coefficient (Wildman–Crippen LogP) is 2.70. The largest absolute Gasteiger partial charge is 0.479 e. The second-order valence-electron chi connectivity index (χ2n) is 10.5. The molecule has 1 aliphatic carbocycles. The van der Waals surface area contributed by atoms with Gasteiger partial charge in [0, 0.05) is 34.8 Å². The molecular formula is C30H29N5O7. The number of imidazole rings is 1. The van der Waals surface area contributed by atoms with E-state index in [4.69, 9.17) is 36.1 Å². The third-order valence-corrected chi connectivity index (χ3v) is 7.19. The number of carboxylic acid groups (broad SMARTS) is 2. The number of hydrogen-bond donors (Lipinski definition) is 6. The maximum atomic E-state index is 10.3. The van der Waals surface area contributed by atoms with Crippen molar-refractivity contribution < 1.29 is 35.1 Å². The molecule has 0 amide bonds. The monoisotopic (exact) mass is 571 g/mol. The van der Waals surface area contributed by atoms with Crippen LogP contribution >= 0.6 is 0 Å². The minimum absolute atomic E-state index is 0.191. The molecule has 0 radical (unpaired) electrons. The van der Waals surface area contributed by atoms with Crippen LogP contribution in [0.5, 0.6) is 0 Å². The Kier molecular flexibility index (Phi) is 7.61. The van der Waals surface area contributed by atoms with E-state index in [0.717, 1.165) is 44.8 Å². The fourth-order valence-corrected chi connectivity index (χ4v) is 5.07. The van der Waals surface area contributed by atoms with Gasteiger partial charge in [0.1, 0.15) is 22.9 Å². The molecule has 6 rings (SSSR count). The molecule has 7 N–H and O–H groups in total. The lowest BCUT2D eigenvalue weighted by Crippen LogP contribution is -2.40. The topological polar surface area (TPSA) is 204 Å². The molecule has 3 aromatic heterocycles. The maximum absolute atomic E-state index is 10.3. The number of hydrogen-bond acceptors (Lipinski definition) is 9. The molecule has 2 aromatic carbocycles. The van der Waals surface area contributed by atoms with E-state index in [-0.39, 0.29) is 5.92 Å². The summed E-state index contributed by atoms with van der Waals surface area (Å²) >= 11 is 0. The summed E-state index contributed by atoms with van der Waals surface area (Å²) in [6.45, 7) is 1.87. The van der Waals surface area contributed by atoms with Crippen molar-refractivity contribution in [3.8, 4) is 22.5 Å². The third kappa shape index (κ3) is 5.63. The first-order valence-corrected chi connectivity index (χ1v) is 13.1. The van der Waals surface area contributed by atoms with Crippen LogP contribution in [-0.2, 0) is 9.59 Å². The van der Waals surface area contributed by atoms with Crippen LogP contribution in [0.1, 0.15) is 31.5 Å². The molecule has 1 saturated carbocycles. The van der Waals surface area contributed by atoms with Crippen molar-refractivity contribution in [1.82, 2.24) is 19.4 Å². The summed E-state index contributed by atoms with van der Waals surface area (Å²) in [5.41, 5.74) is 11.1. The molecule has 216 valence electrons. The van der Waals surface area contributed by atoms with E-state index in [0.29, 0.717) is 18.7 Å². The van der Waals surface area contributed by atoms with Gasteiger partial charge in [-0.2, -0.15) is 0 Å². The number of rotatable bonds is 6. The lowest BCUT2D eigenvalue weighted by atomic mass is 9.72. The molecule has 2 unspecified atom stereocenters. The fourth-order valence-electron chi connectivity index (χ4n) is 5.07. The highest BCUT2D eigenvalue weighted by molar-refractivity contribution is 5.91. The highest BCUT2D eigenvalue weighted by atomic mass is 16.4. The van der Waals surface area contributed by atoms with Crippen molar-refractivity contribution in [1.29, 1.82) is 0 Å².